The quantitative estimate of drug-likeness (QED) is 0.530. The molecule has 1 aromatic heterocycles. The van der Waals surface area contributed by atoms with E-state index in [2.05, 4.69) is 58.5 Å². The van der Waals surface area contributed by atoms with Crippen LogP contribution in [0, 0.1) is 13.8 Å². The van der Waals surface area contributed by atoms with Crippen molar-refractivity contribution in [2.24, 2.45) is 0 Å². The van der Waals surface area contributed by atoms with E-state index in [0.717, 1.165) is 28.5 Å². The number of aromatic nitrogens is 2. The van der Waals surface area contributed by atoms with Gasteiger partial charge < -0.3 is 10.2 Å². The number of hydrogen-bond acceptors (Lipinski definition) is 5. The Bertz CT molecular complexity index is 726. The van der Waals surface area contributed by atoms with Gasteiger partial charge in [0, 0.05) is 30.4 Å². The van der Waals surface area contributed by atoms with E-state index in [0.29, 0.717) is 19.4 Å². The average molecular weight is 387 g/mol. The fourth-order valence-electron chi connectivity index (χ4n) is 3.04. The summed E-state index contributed by atoms with van der Waals surface area (Å²) < 4.78 is 0. The molecule has 0 radical (unpaired) electrons. The van der Waals surface area contributed by atoms with Crippen molar-refractivity contribution in [1.29, 1.82) is 0 Å². The highest BCUT2D eigenvalue weighted by molar-refractivity contribution is 7.98. The molecule has 0 aliphatic heterocycles. The van der Waals surface area contributed by atoms with Gasteiger partial charge >= 0.3 is 0 Å². The minimum absolute atomic E-state index is 0.0719. The summed E-state index contributed by atoms with van der Waals surface area (Å²) in [6.07, 6.45) is 4.01. The second kappa shape index (κ2) is 10.4. The minimum Gasteiger partial charge on any atom is -0.355 e. The minimum atomic E-state index is 0.0719. The zero-order valence-electron chi connectivity index (χ0n) is 17.0. The van der Waals surface area contributed by atoms with Gasteiger partial charge in [0.2, 0.25) is 5.91 Å². The van der Waals surface area contributed by atoms with Gasteiger partial charge in [-0.3, -0.25) is 4.79 Å². The summed E-state index contributed by atoms with van der Waals surface area (Å²) in [5.74, 6) is 0.0719. The van der Waals surface area contributed by atoms with E-state index in [4.69, 9.17) is 0 Å². The topological polar surface area (TPSA) is 58.1 Å². The molecular weight excluding hydrogens is 356 g/mol. The summed E-state index contributed by atoms with van der Waals surface area (Å²) >= 11 is 1.54. The molecule has 0 saturated carbocycles. The second-order valence-electron chi connectivity index (χ2n) is 6.97. The Morgan fingerprint density at radius 3 is 2.33 bits per heavy atom. The predicted molar refractivity (Wildman–Crippen MR) is 112 cm³/mol. The van der Waals surface area contributed by atoms with Gasteiger partial charge in [-0.1, -0.05) is 42.1 Å². The Labute approximate surface area is 167 Å². The van der Waals surface area contributed by atoms with Crippen LogP contribution in [-0.2, 0) is 17.6 Å². The van der Waals surface area contributed by atoms with Gasteiger partial charge in [0.1, 0.15) is 0 Å². The Kier molecular flexibility index (Phi) is 8.25. The number of carbonyl (C=O) groups is 1. The molecule has 146 valence electrons. The number of benzene rings is 1. The van der Waals surface area contributed by atoms with Gasteiger partial charge in [0.05, 0.1) is 0 Å². The van der Waals surface area contributed by atoms with E-state index in [1.165, 1.54) is 17.3 Å². The molecule has 0 fully saturated rings. The van der Waals surface area contributed by atoms with Gasteiger partial charge in [0.15, 0.2) is 5.16 Å². The van der Waals surface area contributed by atoms with Gasteiger partial charge in [-0.15, -0.1) is 0 Å². The Hall–Kier alpha value is -1.92. The van der Waals surface area contributed by atoms with Crippen LogP contribution in [-0.4, -0.2) is 53.7 Å². The van der Waals surface area contributed by atoms with E-state index in [9.17, 15) is 4.79 Å². The third kappa shape index (κ3) is 6.63. The molecule has 5 nitrogen and oxygen atoms in total. The van der Waals surface area contributed by atoms with Crippen LogP contribution in [0.5, 0.6) is 0 Å². The highest BCUT2D eigenvalue weighted by atomic mass is 32.2. The third-order valence-corrected chi connectivity index (χ3v) is 5.31. The first-order valence-electron chi connectivity index (χ1n) is 9.25. The van der Waals surface area contributed by atoms with Gasteiger partial charge in [-0.05, 0) is 58.2 Å². The van der Waals surface area contributed by atoms with E-state index in [1.807, 2.05) is 26.2 Å². The standard InChI is InChI=1S/C21H30N4OS/c1-15-19(16(2)24-21(23-15)27-5)11-12-20(26)22-14-18(25(3)4)13-17-9-7-6-8-10-17/h6-10,18H,11-14H2,1-5H3,(H,22,26). The maximum Gasteiger partial charge on any atom is 0.220 e. The fraction of sp³-hybridized carbons (Fsp3) is 0.476. The van der Waals surface area contributed by atoms with E-state index < -0.39 is 0 Å². The fourth-order valence-corrected chi connectivity index (χ4v) is 3.50. The van der Waals surface area contributed by atoms with Gasteiger partial charge in [-0.25, -0.2) is 9.97 Å². The van der Waals surface area contributed by atoms with Crippen LogP contribution < -0.4 is 5.32 Å². The molecule has 1 unspecified atom stereocenters. The molecule has 2 aromatic rings. The lowest BCUT2D eigenvalue weighted by Gasteiger charge is -2.25. The zero-order valence-corrected chi connectivity index (χ0v) is 17.8. The van der Waals surface area contributed by atoms with Crippen LogP contribution in [0.3, 0.4) is 0 Å². The van der Waals surface area contributed by atoms with Crippen molar-refractivity contribution in [2.45, 2.75) is 44.3 Å². The number of rotatable bonds is 9. The van der Waals surface area contributed by atoms with Crippen LogP contribution in [0.4, 0.5) is 0 Å². The van der Waals surface area contributed by atoms with Crippen molar-refractivity contribution >= 4 is 17.7 Å². The van der Waals surface area contributed by atoms with Crippen molar-refractivity contribution in [1.82, 2.24) is 20.2 Å². The van der Waals surface area contributed by atoms with E-state index in [1.54, 1.807) is 0 Å². The smallest absolute Gasteiger partial charge is 0.220 e. The second-order valence-corrected chi connectivity index (χ2v) is 7.74. The van der Waals surface area contributed by atoms with Crippen LogP contribution in [0.25, 0.3) is 0 Å². The van der Waals surface area contributed by atoms with Crippen LogP contribution >= 0.6 is 11.8 Å². The van der Waals surface area contributed by atoms with E-state index in [-0.39, 0.29) is 11.9 Å². The molecule has 2 rings (SSSR count). The molecule has 1 aromatic carbocycles. The first-order valence-corrected chi connectivity index (χ1v) is 10.5. The lowest BCUT2D eigenvalue weighted by atomic mass is 10.0. The molecular formula is C21H30N4OS. The lowest BCUT2D eigenvalue weighted by Crippen LogP contribution is -2.41. The number of carbonyl (C=O) groups excluding carboxylic acids is 1. The summed E-state index contributed by atoms with van der Waals surface area (Å²) in [6, 6.07) is 10.6. The summed E-state index contributed by atoms with van der Waals surface area (Å²) in [5, 5.41) is 3.88. The molecule has 6 heteroatoms. The van der Waals surface area contributed by atoms with Crippen molar-refractivity contribution in [3.05, 3.63) is 52.8 Å². The van der Waals surface area contributed by atoms with Crippen LogP contribution in [0.2, 0.25) is 0 Å². The molecule has 0 aliphatic rings. The van der Waals surface area contributed by atoms with Gasteiger partial charge in [0.25, 0.3) is 0 Å². The Morgan fingerprint density at radius 2 is 1.78 bits per heavy atom. The molecule has 0 spiro atoms. The molecule has 0 saturated heterocycles. The normalized spacial score (nSPS) is 12.2. The molecule has 0 bridgehead atoms. The largest absolute Gasteiger partial charge is 0.355 e. The summed E-state index contributed by atoms with van der Waals surface area (Å²) in [7, 11) is 4.11. The maximum atomic E-state index is 12.4. The highest BCUT2D eigenvalue weighted by Gasteiger charge is 2.15. The molecule has 1 atom stereocenters. The number of aryl methyl sites for hydroxylation is 2. The number of nitrogens with one attached hydrogen (secondary N) is 1. The van der Waals surface area contributed by atoms with Crippen molar-refractivity contribution in [3.63, 3.8) is 0 Å². The SMILES string of the molecule is CSc1nc(C)c(CCC(=O)NCC(Cc2ccccc2)N(C)C)c(C)n1. The number of amides is 1. The third-order valence-electron chi connectivity index (χ3n) is 4.76. The Morgan fingerprint density at radius 1 is 1.15 bits per heavy atom. The zero-order chi connectivity index (χ0) is 19.8. The molecule has 27 heavy (non-hydrogen) atoms. The molecule has 0 aliphatic carbocycles. The maximum absolute atomic E-state index is 12.4. The van der Waals surface area contributed by atoms with Gasteiger partial charge in [-0.2, -0.15) is 0 Å². The first kappa shape index (κ1) is 21.4. The van der Waals surface area contributed by atoms with Crippen LogP contribution in [0.1, 0.15) is 28.9 Å². The van der Waals surface area contributed by atoms with Crippen molar-refractivity contribution in [3.8, 4) is 0 Å². The number of hydrogen-bond donors (Lipinski definition) is 1. The summed E-state index contributed by atoms with van der Waals surface area (Å²) in [5.41, 5.74) is 4.30. The number of nitrogens with zero attached hydrogens (tertiary/aromatic N) is 3. The van der Waals surface area contributed by atoms with Crippen molar-refractivity contribution in [2.75, 3.05) is 26.9 Å². The highest BCUT2D eigenvalue weighted by Crippen LogP contribution is 2.17. The molecule has 1 N–H and O–H groups in total. The average Bonchev–Trinajstić information content (AvgIpc) is 2.64. The monoisotopic (exact) mass is 386 g/mol. The predicted octanol–water partition coefficient (Wildman–Crippen LogP) is 3.04. The Balaban J connectivity index is 1.87. The van der Waals surface area contributed by atoms with Crippen molar-refractivity contribution < 1.29 is 4.79 Å². The first-order chi connectivity index (χ1) is 12.9. The van der Waals surface area contributed by atoms with Crippen LogP contribution in [0.15, 0.2) is 35.5 Å². The molecule has 1 heterocycles. The van der Waals surface area contributed by atoms with E-state index >= 15 is 0 Å². The number of likely N-dealkylation sites (N-methyl/N-ethyl adjacent to an activating group) is 1. The summed E-state index contributed by atoms with van der Waals surface area (Å²) in [4.78, 5) is 23.5. The number of thioether (sulfide) groups is 1. The summed E-state index contributed by atoms with van der Waals surface area (Å²) in [6.45, 7) is 4.62. The lowest BCUT2D eigenvalue weighted by molar-refractivity contribution is -0.121. The molecule has 1 amide bonds.